The van der Waals surface area contributed by atoms with Crippen molar-refractivity contribution < 1.29 is 21.6 Å². The third-order valence-corrected chi connectivity index (χ3v) is 8.24. The number of nitrogens with one attached hydrogen (secondary N) is 2. The number of methoxy groups -OCH3 is 1. The predicted octanol–water partition coefficient (Wildman–Crippen LogP) is 0.460. The molecule has 11 heteroatoms. The molecule has 146 valence electrons. The molecule has 1 fully saturated rings. The average molecular weight is 414 g/mol. The van der Waals surface area contributed by atoms with Gasteiger partial charge in [-0.2, -0.15) is 0 Å². The topological polar surface area (TPSA) is 128 Å². The van der Waals surface area contributed by atoms with Crippen LogP contribution in [-0.2, 0) is 24.6 Å². The maximum Gasteiger partial charge on any atom is 0.245 e. The molecule has 0 bridgehead atoms. The monoisotopic (exact) mass is 413 g/mol. The first-order chi connectivity index (χ1) is 11.7. The summed E-state index contributed by atoms with van der Waals surface area (Å²) in [5, 5.41) is 7.87. The first-order valence-corrected chi connectivity index (χ1v) is 12.0. The van der Waals surface area contributed by atoms with Crippen molar-refractivity contribution in [1.29, 1.82) is 0 Å². The van der Waals surface area contributed by atoms with E-state index in [0.717, 1.165) is 37.8 Å². The molecule has 1 unspecified atom stereocenters. The maximum absolute atomic E-state index is 11.8. The Labute approximate surface area is 154 Å². The van der Waals surface area contributed by atoms with E-state index in [1.165, 1.54) is 6.08 Å². The van der Waals surface area contributed by atoms with Crippen molar-refractivity contribution >= 4 is 31.8 Å². The molecule has 0 saturated carbocycles. The van der Waals surface area contributed by atoms with Crippen LogP contribution in [0.2, 0.25) is 0 Å². The van der Waals surface area contributed by atoms with E-state index in [-0.39, 0.29) is 15.5 Å². The quantitative estimate of drug-likeness (QED) is 0.406. The van der Waals surface area contributed by atoms with Crippen molar-refractivity contribution in [1.82, 2.24) is 10.0 Å². The third kappa shape index (κ3) is 8.09. The molecular formula is C14H27N3O5S3. The number of primary sulfonamides is 1. The summed E-state index contributed by atoms with van der Waals surface area (Å²) >= 11 is 0.981. The largest absolute Gasteiger partial charge is 0.385 e. The molecule has 8 nitrogen and oxygen atoms in total. The van der Waals surface area contributed by atoms with Crippen molar-refractivity contribution in [3.63, 3.8) is 0 Å². The summed E-state index contributed by atoms with van der Waals surface area (Å²) in [6.45, 7) is 3.49. The number of rotatable bonds is 7. The zero-order valence-corrected chi connectivity index (χ0v) is 16.9. The summed E-state index contributed by atoms with van der Waals surface area (Å²) in [7, 11) is -4.73. The number of allylic oxidation sites excluding steroid dienone is 2. The molecule has 1 saturated heterocycles. The minimum atomic E-state index is -3.52. The Morgan fingerprint density at radius 2 is 2.20 bits per heavy atom. The van der Waals surface area contributed by atoms with E-state index < -0.39 is 19.9 Å². The van der Waals surface area contributed by atoms with Gasteiger partial charge >= 0.3 is 0 Å². The van der Waals surface area contributed by atoms with Gasteiger partial charge in [-0.05, 0) is 49.9 Å². The molecule has 2 aliphatic rings. The van der Waals surface area contributed by atoms with Crippen LogP contribution < -0.4 is 15.2 Å². The van der Waals surface area contributed by atoms with Crippen LogP contribution in [0, 0.1) is 0 Å². The second kappa shape index (κ2) is 10.5. The molecule has 25 heavy (non-hydrogen) atoms. The van der Waals surface area contributed by atoms with E-state index in [1.807, 2.05) is 6.92 Å². The summed E-state index contributed by atoms with van der Waals surface area (Å²) < 4.78 is 52.4. The fraction of sp³-hybridized carbons (Fsp3) is 0.714. The molecule has 2 rings (SSSR count). The van der Waals surface area contributed by atoms with Gasteiger partial charge in [0.1, 0.15) is 4.24 Å². The van der Waals surface area contributed by atoms with Crippen LogP contribution in [0.15, 0.2) is 22.6 Å². The van der Waals surface area contributed by atoms with Crippen molar-refractivity contribution in [2.24, 2.45) is 5.14 Å². The molecule has 2 heterocycles. The Morgan fingerprint density at radius 3 is 2.68 bits per heavy atom. The highest BCUT2D eigenvalue weighted by Crippen LogP contribution is 2.24. The van der Waals surface area contributed by atoms with Crippen LogP contribution in [0.3, 0.4) is 0 Å². The smallest absolute Gasteiger partial charge is 0.245 e. The standard InChI is InChI=1S/C10H21NO3S.C4H6N2O2S2/c1-3-11-9-7-10(5-4-6-14-2)15(12,13)8-9;5-10(7,8)4-2-1-3-6-9-4/h9-11H,3-8H2,1-2H3;1-3,6H,(H2,5,7,8)/t9?,10-;/m1./s1. The van der Waals surface area contributed by atoms with Crippen LogP contribution in [0.25, 0.3) is 0 Å². The van der Waals surface area contributed by atoms with E-state index in [4.69, 9.17) is 9.88 Å². The maximum atomic E-state index is 11.8. The number of hydrogen-bond donors (Lipinski definition) is 3. The van der Waals surface area contributed by atoms with Gasteiger partial charge in [0.25, 0.3) is 0 Å². The van der Waals surface area contributed by atoms with Gasteiger partial charge in [0.2, 0.25) is 10.0 Å². The molecule has 0 aromatic rings. The summed E-state index contributed by atoms with van der Waals surface area (Å²) in [5.41, 5.74) is 0. The molecule has 0 amide bonds. The summed E-state index contributed by atoms with van der Waals surface area (Å²) in [6, 6.07) is 0.160. The zero-order valence-electron chi connectivity index (χ0n) is 14.5. The highest BCUT2D eigenvalue weighted by Gasteiger charge is 2.37. The molecule has 2 aliphatic heterocycles. The van der Waals surface area contributed by atoms with Crippen LogP contribution in [0.5, 0.6) is 0 Å². The summed E-state index contributed by atoms with van der Waals surface area (Å²) in [6.07, 6.45) is 6.98. The summed E-state index contributed by atoms with van der Waals surface area (Å²) in [5.74, 6) is 0.304. The van der Waals surface area contributed by atoms with Gasteiger partial charge in [0, 0.05) is 26.0 Å². The first-order valence-electron chi connectivity index (χ1n) is 7.96. The molecule has 0 spiro atoms. The molecule has 2 atom stereocenters. The van der Waals surface area contributed by atoms with Crippen molar-refractivity contribution in [3.8, 4) is 0 Å². The number of ether oxygens (including phenoxy) is 1. The van der Waals surface area contributed by atoms with Gasteiger partial charge in [0.05, 0.1) is 11.0 Å². The normalized spacial score (nSPS) is 24.8. The minimum Gasteiger partial charge on any atom is -0.385 e. The number of sulfonamides is 1. The number of nitrogens with two attached hydrogens (primary N) is 1. The Morgan fingerprint density at radius 1 is 1.48 bits per heavy atom. The lowest BCUT2D eigenvalue weighted by atomic mass is 10.1. The number of hydrogen-bond acceptors (Lipinski definition) is 8. The fourth-order valence-corrected chi connectivity index (χ4v) is 6.00. The fourth-order valence-electron chi connectivity index (χ4n) is 2.58. The van der Waals surface area contributed by atoms with E-state index in [1.54, 1.807) is 19.4 Å². The second-order valence-corrected chi connectivity index (χ2v) is 10.7. The molecular weight excluding hydrogens is 386 g/mol. The van der Waals surface area contributed by atoms with Gasteiger partial charge < -0.3 is 14.8 Å². The highest BCUT2D eigenvalue weighted by atomic mass is 32.3. The van der Waals surface area contributed by atoms with Gasteiger partial charge in [-0.1, -0.05) is 6.92 Å². The SMILES string of the molecule is CCNC1C[C@@H](CCCOC)S(=O)(=O)C1.NS(=O)(=O)C1=CC=CNS1. The van der Waals surface area contributed by atoms with Crippen LogP contribution >= 0.6 is 11.9 Å². The molecule has 0 radical (unpaired) electrons. The van der Waals surface area contributed by atoms with Gasteiger partial charge in [-0.3, -0.25) is 0 Å². The average Bonchev–Trinajstić information content (AvgIpc) is 2.82. The van der Waals surface area contributed by atoms with Gasteiger partial charge in [-0.15, -0.1) is 0 Å². The lowest BCUT2D eigenvalue weighted by Gasteiger charge is -2.09. The van der Waals surface area contributed by atoms with E-state index in [0.29, 0.717) is 12.4 Å². The molecule has 4 N–H and O–H groups in total. The van der Waals surface area contributed by atoms with Crippen molar-refractivity contribution in [3.05, 3.63) is 22.6 Å². The lowest BCUT2D eigenvalue weighted by molar-refractivity contribution is 0.192. The third-order valence-electron chi connectivity index (χ3n) is 3.69. The molecule has 0 aliphatic carbocycles. The Hall–Kier alpha value is -0.590. The Kier molecular flexibility index (Phi) is 9.46. The van der Waals surface area contributed by atoms with E-state index in [9.17, 15) is 16.8 Å². The van der Waals surface area contributed by atoms with Crippen molar-refractivity contribution in [2.45, 2.75) is 37.5 Å². The van der Waals surface area contributed by atoms with Gasteiger partial charge in [0.15, 0.2) is 9.84 Å². The van der Waals surface area contributed by atoms with E-state index in [2.05, 4.69) is 10.0 Å². The lowest BCUT2D eigenvalue weighted by Crippen LogP contribution is -2.29. The van der Waals surface area contributed by atoms with Crippen LogP contribution in [0.1, 0.15) is 26.2 Å². The van der Waals surface area contributed by atoms with Crippen LogP contribution in [-0.4, -0.2) is 54.1 Å². The van der Waals surface area contributed by atoms with Crippen molar-refractivity contribution in [2.75, 3.05) is 26.0 Å². The van der Waals surface area contributed by atoms with E-state index >= 15 is 0 Å². The number of sulfone groups is 1. The Balaban J connectivity index is 0.000000271. The Bertz CT molecular complexity index is 674. The summed E-state index contributed by atoms with van der Waals surface area (Å²) in [4.78, 5) is 0. The van der Waals surface area contributed by atoms with Gasteiger partial charge in [-0.25, -0.2) is 22.0 Å². The second-order valence-electron chi connectivity index (χ2n) is 5.69. The predicted molar refractivity (Wildman–Crippen MR) is 102 cm³/mol. The molecule has 0 aromatic heterocycles. The first kappa shape index (κ1) is 22.5. The zero-order chi connectivity index (χ0) is 18.9. The van der Waals surface area contributed by atoms with Crippen LogP contribution in [0.4, 0.5) is 0 Å². The minimum absolute atomic E-state index is 0.134. The molecule has 0 aromatic carbocycles. The highest BCUT2D eigenvalue weighted by molar-refractivity contribution is 8.17.